The molecule has 2 nitrogen and oxygen atoms in total. The van der Waals surface area contributed by atoms with Crippen molar-refractivity contribution in [3.8, 4) is 0 Å². The molecular weight excluding hydrogens is 277 g/mol. The maximum absolute atomic E-state index is 14.1. The summed E-state index contributed by atoms with van der Waals surface area (Å²) in [5, 5.41) is 0. The van der Waals surface area contributed by atoms with Gasteiger partial charge in [0.2, 0.25) is 0 Å². The molecule has 0 aromatic heterocycles. The molecule has 1 aliphatic heterocycles. The van der Waals surface area contributed by atoms with E-state index in [0.717, 1.165) is 25.2 Å². The van der Waals surface area contributed by atoms with Gasteiger partial charge < -0.3 is 4.74 Å². The van der Waals surface area contributed by atoms with Crippen molar-refractivity contribution >= 4 is 0 Å². The lowest BCUT2D eigenvalue weighted by Gasteiger charge is -2.47. The largest absolute Gasteiger partial charge is 0.367 e. The highest BCUT2D eigenvalue weighted by atomic mass is 19.1. The number of nitrogens with zero attached hydrogens (tertiary/aromatic N) is 1. The van der Waals surface area contributed by atoms with E-state index in [4.69, 9.17) is 4.74 Å². The first-order valence-electron chi connectivity index (χ1n) is 8.09. The molecule has 0 radical (unpaired) electrons. The summed E-state index contributed by atoms with van der Waals surface area (Å²) in [5.74, 6) is -0.112. The van der Waals surface area contributed by atoms with Crippen LogP contribution in [0.3, 0.4) is 0 Å². The predicted molar refractivity (Wildman–Crippen MR) is 89.6 cm³/mol. The number of ether oxygens (including phenoxy) is 1. The van der Waals surface area contributed by atoms with Crippen LogP contribution in [0.2, 0.25) is 0 Å². The zero-order valence-corrected chi connectivity index (χ0v) is 15.1. The molecule has 0 saturated carbocycles. The fourth-order valence-corrected chi connectivity index (χ4v) is 3.56. The molecule has 0 spiro atoms. The van der Waals surface area contributed by atoms with Crippen LogP contribution < -0.4 is 0 Å². The highest BCUT2D eigenvalue weighted by molar-refractivity contribution is 5.30. The minimum absolute atomic E-state index is 0.112. The molecule has 0 bridgehead atoms. The van der Waals surface area contributed by atoms with E-state index in [-0.39, 0.29) is 22.4 Å². The van der Waals surface area contributed by atoms with E-state index in [0.29, 0.717) is 0 Å². The Bertz CT molecular complexity index is 527. The van der Waals surface area contributed by atoms with Crippen molar-refractivity contribution in [3.05, 3.63) is 35.1 Å². The molecule has 1 aromatic rings. The van der Waals surface area contributed by atoms with Gasteiger partial charge in [0.05, 0.1) is 11.2 Å². The summed E-state index contributed by atoms with van der Waals surface area (Å²) in [6.07, 6.45) is 0. The number of hydrogen-bond acceptors (Lipinski definition) is 2. The van der Waals surface area contributed by atoms with Crippen molar-refractivity contribution in [3.63, 3.8) is 0 Å². The lowest BCUT2D eigenvalue weighted by molar-refractivity contribution is -0.182. The summed E-state index contributed by atoms with van der Waals surface area (Å²) in [6, 6.07) is 5.53. The van der Waals surface area contributed by atoms with Crippen LogP contribution in [0, 0.1) is 5.82 Å². The van der Waals surface area contributed by atoms with Crippen LogP contribution in [0.25, 0.3) is 0 Å². The van der Waals surface area contributed by atoms with E-state index in [9.17, 15) is 4.39 Å². The van der Waals surface area contributed by atoms with Gasteiger partial charge in [-0.15, -0.1) is 0 Å². The average Bonchev–Trinajstić information content (AvgIpc) is 2.25. The van der Waals surface area contributed by atoms with Gasteiger partial charge in [-0.05, 0) is 50.3 Å². The maximum atomic E-state index is 14.1. The summed E-state index contributed by atoms with van der Waals surface area (Å²) < 4.78 is 20.2. The molecule has 1 aliphatic rings. The Labute approximate surface area is 134 Å². The Morgan fingerprint density at radius 3 is 2.14 bits per heavy atom. The summed E-state index contributed by atoms with van der Waals surface area (Å²) in [5.41, 5.74) is 1.46. The van der Waals surface area contributed by atoms with E-state index in [1.165, 1.54) is 5.56 Å². The van der Waals surface area contributed by atoms with Crippen molar-refractivity contribution in [1.82, 2.24) is 4.90 Å². The molecule has 0 atom stereocenters. The first-order chi connectivity index (χ1) is 9.88. The molecule has 2 rings (SSSR count). The summed E-state index contributed by atoms with van der Waals surface area (Å²) in [4.78, 5) is 2.41. The van der Waals surface area contributed by atoms with Gasteiger partial charge in [-0.25, -0.2) is 4.39 Å². The third kappa shape index (κ3) is 4.30. The first-order valence-corrected chi connectivity index (χ1v) is 8.09. The fraction of sp³-hybridized carbons (Fsp3) is 0.684. The van der Waals surface area contributed by atoms with Crippen LogP contribution >= 0.6 is 0 Å². The molecule has 1 saturated heterocycles. The zero-order valence-electron chi connectivity index (χ0n) is 15.1. The van der Waals surface area contributed by atoms with E-state index in [1.54, 1.807) is 6.07 Å². The van der Waals surface area contributed by atoms with Gasteiger partial charge in [0.15, 0.2) is 0 Å². The minimum Gasteiger partial charge on any atom is -0.367 e. The van der Waals surface area contributed by atoms with Crippen LogP contribution in [0.4, 0.5) is 4.39 Å². The van der Waals surface area contributed by atoms with E-state index in [2.05, 4.69) is 53.4 Å². The second kappa shape index (κ2) is 5.61. The lowest BCUT2D eigenvalue weighted by Crippen LogP contribution is -2.56. The number of benzene rings is 1. The number of rotatable bonds is 2. The molecule has 0 unspecified atom stereocenters. The molecule has 1 heterocycles. The summed E-state index contributed by atoms with van der Waals surface area (Å²) in [6.45, 7) is 17.3. The van der Waals surface area contributed by atoms with Gasteiger partial charge >= 0.3 is 0 Å². The molecule has 0 amide bonds. The van der Waals surface area contributed by atoms with Crippen molar-refractivity contribution in [1.29, 1.82) is 0 Å². The second-order valence-electron chi connectivity index (χ2n) is 8.83. The van der Waals surface area contributed by atoms with Crippen LogP contribution in [-0.2, 0) is 16.7 Å². The van der Waals surface area contributed by atoms with Crippen molar-refractivity contribution in [2.24, 2.45) is 0 Å². The van der Waals surface area contributed by atoms with Gasteiger partial charge in [-0.1, -0.05) is 32.9 Å². The quantitative estimate of drug-likeness (QED) is 0.797. The Morgan fingerprint density at radius 1 is 1.09 bits per heavy atom. The van der Waals surface area contributed by atoms with Crippen LogP contribution in [0.1, 0.15) is 59.6 Å². The monoisotopic (exact) mass is 307 g/mol. The molecule has 1 fully saturated rings. The van der Waals surface area contributed by atoms with Crippen molar-refractivity contribution in [2.75, 3.05) is 13.1 Å². The number of hydrogen-bond donors (Lipinski definition) is 0. The summed E-state index contributed by atoms with van der Waals surface area (Å²) >= 11 is 0. The average molecular weight is 307 g/mol. The molecule has 124 valence electrons. The van der Waals surface area contributed by atoms with Crippen molar-refractivity contribution in [2.45, 2.75) is 71.6 Å². The smallest absolute Gasteiger partial charge is 0.126 e. The van der Waals surface area contributed by atoms with Crippen LogP contribution in [0.15, 0.2) is 18.2 Å². The highest BCUT2D eigenvalue weighted by Crippen LogP contribution is 2.30. The van der Waals surface area contributed by atoms with Gasteiger partial charge in [-0.3, -0.25) is 4.90 Å². The van der Waals surface area contributed by atoms with Gasteiger partial charge in [0, 0.05) is 19.6 Å². The normalized spacial score (nSPS) is 21.8. The molecular formula is C19H30FNO. The first kappa shape index (κ1) is 17.4. The number of halogens is 1. The number of morpholine rings is 1. The third-order valence-corrected chi connectivity index (χ3v) is 4.01. The SMILES string of the molecule is CC1(C)CN(Cc2ccc(F)c(C(C)(C)C)c2)CC(C)(C)O1. The molecule has 0 aliphatic carbocycles. The predicted octanol–water partition coefficient (Wildman–Crippen LogP) is 4.51. The van der Waals surface area contributed by atoms with E-state index in [1.807, 2.05) is 12.1 Å². The molecule has 22 heavy (non-hydrogen) atoms. The Morgan fingerprint density at radius 2 is 1.64 bits per heavy atom. The van der Waals surface area contributed by atoms with Gasteiger partial charge in [0.1, 0.15) is 5.82 Å². The molecule has 0 N–H and O–H groups in total. The van der Waals surface area contributed by atoms with E-state index >= 15 is 0 Å². The molecule has 3 heteroatoms. The topological polar surface area (TPSA) is 12.5 Å². The highest BCUT2D eigenvalue weighted by Gasteiger charge is 2.38. The summed E-state index contributed by atoms with van der Waals surface area (Å²) in [7, 11) is 0. The Kier molecular flexibility index (Phi) is 4.44. The standard InChI is InChI=1S/C19H30FNO/c1-17(2,3)15-10-14(8-9-16(15)20)11-21-12-18(4,5)22-19(6,7)13-21/h8-10H,11-13H2,1-7H3. The van der Waals surface area contributed by atoms with E-state index < -0.39 is 0 Å². The fourth-order valence-electron chi connectivity index (χ4n) is 3.56. The third-order valence-electron chi connectivity index (χ3n) is 4.01. The lowest BCUT2D eigenvalue weighted by atomic mass is 9.85. The second-order valence-corrected chi connectivity index (χ2v) is 8.83. The van der Waals surface area contributed by atoms with Crippen LogP contribution in [-0.4, -0.2) is 29.2 Å². The van der Waals surface area contributed by atoms with Gasteiger partial charge in [0.25, 0.3) is 0 Å². The van der Waals surface area contributed by atoms with Gasteiger partial charge in [-0.2, -0.15) is 0 Å². The van der Waals surface area contributed by atoms with Crippen LogP contribution in [0.5, 0.6) is 0 Å². The van der Waals surface area contributed by atoms with Crippen molar-refractivity contribution < 1.29 is 9.13 Å². The minimum atomic E-state index is -0.177. The Balaban J connectivity index is 2.20. The molecule has 1 aromatic carbocycles. The zero-order chi connectivity index (χ0) is 16.8. The Hall–Kier alpha value is -0.930. The maximum Gasteiger partial charge on any atom is 0.126 e.